The topological polar surface area (TPSA) is 93.3 Å². The van der Waals surface area contributed by atoms with Gasteiger partial charge in [-0.1, -0.05) is 6.92 Å². The molecule has 27 heavy (non-hydrogen) atoms. The van der Waals surface area contributed by atoms with Crippen LogP contribution in [-0.2, 0) is 33.5 Å². The molecule has 0 saturated carbocycles. The molecule has 1 amide bonds. The van der Waals surface area contributed by atoms with E-state index in [1.54, 1.807) is 18.4 Å². The molecule has 1 aliphatic carbocycles. The van der Waals surface area contributed by atoms with Gasteiger partial charge in [0.05, 0.1) is 25.2 Å². The largest absolute Gasteiger partial charge is 0.382 e. The number of hydrogen-bond donors (Lipinski definition) is 2. The van der Waals surface area contributed by atoms with Crippen LogP contribution in [0.5, 0.6) is 0 Å². The molecule has 3 rings (SSSR count). The van der Waals surface area contributed by atoms with Gasteiger partial charge in [-0.25, -0.2) is 4.98 Å². The normalized spacial score (nSPS) is 16.4. The molecule has 0 bridgehead atoms. The molecule has 0 aromatic carbocycles. The molecular weight excluding hydrogens is 366 g/mol. The molecule has 2 N–H and O–H groups in total. The van der Waals surface area contributed by atoms with E-state index in [-0.39, 0.29) is 17.9 Å². The van der Waals surface area contributed by atoms with Crippen molar-refractivity contribution in [3.05, 3.63) is 26.6 Å². The fourth-order valence-corrected chi connectivity index (χ4v) is 4.74. The molecule has 8 heteroatoms. The van der Waals surface area contributed by atoms with Crippen LogP contribution in [0.3, 0.4) is 0 Å². The molecule has 148 valence electrons. The highest BCUT2D eigenvalue weighted by Crippen LogP contribution is 2.35. The number of aryl methyl sites for hydroxylation is 2. The highest BCUT2D eigenvalue weighted by atomic mass is 32.1. The Balaban J connectivity index is 1.55. The van der Waals surface area contributed by atoms with E-state index in [2.05, 4.69) is 22.2 Å². The van der Waals surface area contributed by atoms with Gasteiger partial charge in [0, 0.05) is 31.4 Å². The van der Waals surface area contributed by atoms with Crippen LogP contribution in [0.2, 0.25) is 0 Å². The number of carbonyl (C=O) groups is 1. The third kappa shape index (κ3) is 5.15. The number of amides is 1. The molecule has 0 spiro atoms. The fourth-order valence-electron chi connectivity index (χ4n) is 3.34. The Morgan fingerprint density at radius 2 is 2.22 bits per heavy atom. The third-order valence-electron chi connectivity index (χ3n) is 4.80. The van der Waals surface area contributed by atoms with Crippen molar-refractivity contribution < 1.29 is 14.3 Å². The van der Waals surface area contributed by atoms with Crippen molar-refractivity contribution >= 4 is 27.5 Å². The maximum atomic E-state index is 12.5. The molecule has 2 aromatic heterocycles. The second-order valence-corrected chi connectivity index (χ2v) is 8.08. The summed E-state index contributed by atoms with van der Waals surface area (Å²) >= 11 is 1.63. The number of rotatable bonds is 9. The standard InChI is InChI=1S/C19H27N3O4S/c1-12-3-4-13-14(11-12)27-19-17(13)18(24)21-15(22-19)5-6-16(23)20-7-8-26-10-9-25-2/h12H,3-11H2,1-2H3,(H,20,23)(H,21,22,24). The zero-order valence-electron chi connectivity index (χ0n) is 15.9. The van der Waals surface area contributed by atoms with Crippen molar-refractivity contribution in [1.82, 2.24) is 15.3 Å². The van der Waals surface area contributed by atoms with Crippen LogP contribution >= 0.6 is 11.3 Å². The van der Waals surface area contributed by atoms with Gasteiger partial charge in [-0.3, -0.25) is 9.59 Å². The first-order chi connectivity index (χ1) is 13.1. The molecule has 1 atom stereocenters. The summed E-state index contributed by atoms with van der Waals surface area (Å²) in [5, 5.41) is 3.56. The second kappa shape index (κ2) is 9.43. The first kappa shape index (κ1) is 20.0. The number of ether oxygens (including phenoxy) is 2. The lowest BCUT2D eigenvalue weighted by atomic mass is 9.89. The van der Waals surface area contributed by atoms with Gasteiger partial charge in [0.25, 0.3) is 5.56 Å². The Hall–Kier alpha value is -1.77. The minimum Gasteiger partial charge on any atom is -0.382 e. The quantitative estimate of drug-likeness (QED) is 0.634. The van der Waals surface area contributed by atoms with E-state index in [1.807, 2.05) is 0 Å². The summed E-state index contributed by atoms with van der Waals surface area (Å²) in [5.74, 6) is 1.16. The number of fused-ring (bicyclic) bond motifs is 3. The van der Waals surface area contributed by atoms with Crippen LogP contribution < -0.4 is 10.9 Å². The highest BCUT2D eigenvalue weighted by molar-refractivity contribution is 7.18. The molecule has 7 nitrogen and oxygen atoms in total. The number of methoxy groups -OCH3 is 1. The summed E-state index contributed by atoms with van der Waals surface area (Å²) in [5.41, 5.74) is 1.11. The Kier molecular flexibility index (Phi) is 6.98. The lowest BCUT2D eigenvalue weighted by molar-refractivity contribution is -0.121. The van der Waals surface area contributed by atoms with Gasteiger partial charge in [-0.2, -0.15) is 0 Å². The molecule has 1 aliphatic rings. The van der Waals surface area contributed by atoms with Gasteiger partial charge in [-0.15, -0.1) is 11.3 Å². The lowest BCUT2D eigenvalue weighted by Crippen LogP contribution is -2.28. The van der Waals surface area contributed by atoms with E-state index < -0.39 is 0 Å². The first-order valence-corrected chi connectivity index (χ1v) is 10.3. The third-order valence-corrected chi connectivity index (χ3v) is 5.95. The van der Waals surface area contributed by atoms with E-state index in [0.29, 0.717) is 44.5 Å². The second-order valence-electron chi connectivity index (χ2n) is 7.00. The summed E-state index contributed by atoms with van der Waals surface area (Å²) in [6.07, 6.45) is 3.81. The number of thiophene rings is 1. The number of nitrogens with one attached hydrogen (secondary N) is 2. The SMILES string of the molecule is COCCOCCNC(=O)CCc1nc2sc3c(c2c(=O)[nH]1)CCC(C)C3. The average Bonchev–Trinajstić information content (AvgIpc) is 3.00. The van der Waals surface area contributed by atoms with Gasteiger partial charge in [0.2, 0.25) is 5.91 Å². The van der Waals surface area contributed by atoms with E-state index in [9.17, 15) is 9.59 Å². The molecule has 2 aromatic rings. The van der Waals surface area contributed by atoms with E-state index in [0.717, 1.165) is 29.5 Å². The Labute approximate surface area is 162 Å². The van der Waals surface area contributed by atoms with Crippen LogP contribution in [0, 0.1) is 5.92 Å². The van der Waals surface area contributed by atoms with Crippen molar-refractivity contribution in [1.29, 1.82) is 0 Å². The van der Waals surface area contributed by atoms with Gasteiger partial charge in [-0.05, 0) is 30.7 Å². The molecule has 0 radical (unpaired) electrons. The summed E-state index contributed by atoms with van der Waals surface area (Å²) in [6.45, 7) is 4.22. The van der Waals surface area contributed by atoms with Crippen molar-refractivity contribution in [2.75, 3.05) is 33.5 Å². The number of hydrogen-bond acceptors (Lipinski definition) is 6. The number of aromatic nitrogens is 2. The first-order valence-electron chi connectivity index (χ1n) is 9.45. The molecule has 2 heterocycles. The number of carbonyl (C=O) groups excluding carboxylic acids is 1. The van der Waals surface area contributed by atoms with Crippen LogP contribution in [0.15, 0.2) is 4.79 Å². The van der Waals surface area contributed by atoms with Gasteiger partial charge >= 0.3 is 0 Å². The predicted octanol–water partition coefficient (Wildman–Crippen LogP) is 1.82. The van der Waals surface area contributed by atoms with Crippen LogP contribution in [0.1, 0.15) is 36.0 Å². The van der Waals surface area contributed by atoms with E-state index >= 15 is 0 Å². The van der Waals surface area contributed by atoms with Crippen molar-refractivity contribution in [2.24, 2.45) is 5.92 Å². The van der Waals surface area contributed by atoms with Crippen LogP contribution in [0.4, 0.5) is 0 Å². The smallest absolute Gasteiger partial charge is 0.259 e. The minimum atomic E-state index is -0.0765. The molecule has 0 saturated heterocycles. The Morgan fingerprint density at radius 3 is 3.04 bits per heavy atom. The lowest BCUT2D eigenvalue weighted by Gasteiger charge is -2.17. The van der Waals surface area contributed by atoms with Crippen molar-refractivity contribution in [2.45, 2.75) is 39.0 Å². The molecular formula is C19H27N3O4S. The van der Waals surface area contributed by atoms with Crippen molar-refractivity contribution in [3.63, 3.8) is 0 Å². The number of H-pyrrole nitrogens is 1. The zero-order chi connectivity index (χ0) is 19.2. The van der Waals surface area contributed by atoms with E-state index in [1.165, 1.54) is 10.4 Å². The molecule has 0 fully saturated rings. The molecule has 0 aliphatic heterocycles. The Bertz CT molecular complexity index is 845. The fraction of sp³-hybridized carbons (Fsp3) is 0.632. The van der Waals surface area contributed by atoms with Gasteiger partial charge in [0.1, 0.15) is 10.7 Å². The Morgan fingerprint density at radius 1 is 1.37 bits per heavy atom. The zero-order valence-corrected chi connectivity index (χ0v) is 16.7. The van der Waals surface area contributed by atoms with Crippen LogP contribution in [0.25, 0.3) is 10.2 Å². The van der Waals surface area contributed by atoms with Crippen LogP contribution in [-0.4, -0.2) is 49.4 Å². The molecule has 1 unspecified atom stereocenters. The van der Waals surface area contributed by atoms with Gasteiger partial charge < -0.3 is 19.8 Å². The summed E-state index contributed by atoms with van der Waals surface area (Å²) in [7, 11) is 1.62. The number of aromatic amines is 1. The van der Waals surface area contributed by atoms with Gasteiger partial charge in [0.15, 0.2) is 0 Å². The summed E-state index contributed by atoms with van der Waals surface area (Å²) in [4.78, 5) is 34.1. The number of nitrogens with zero attached hydrogens (tertiary/aromatic N) is 1. The van der Waals surface area contributed by atoms with Crippen molar-refractivity contribution in [3.8, 4) is 0 Å². The summed E-state index contributed by atoms with van der Waals surface area (Å²) in [6, 6.07) is 0. The highest BCUT2D eigenvalue weighted by Gasteiger charge is 2.23. The maximum absolute atomic E-state index is 12.5. The monoisotopic (exact) mass is 393 g/mol. The average molecular weight is 394 g/mol. The minimum absolute atomic E-state index is 0.0750. The maximum Gasteiger partial charge on any atom is 0.259 e. The van der Waals surface area contributed by atoms with E-state index in [4.69, 9.17) is 9.47 Å². The predicted molar refractivity (Wildman–Crippen MR) is 105 cm³/mol. The summed E-state index contributed by atoms with van der Waals surface area (Å²) < 4.78 is 10.2.